The lowest BCUT2D eigenvalue weighted by Crippen LogP contribution is -1.96. The Balaban J connectivity index is 1.93. The Morgan fingerprint density at radius 3 is 2.76 bits per heavy atom. The fraction of sp³-hybridized carbons (Fsp3) is 0.118. The summed E-state index contributed by atoms with van der Waals surface area (Å²) in [7, 11) is 0. The Kier molecular flexibility index (Phi) is 4.51. The summed E-state index contributed by atoms with van der Waals surface area (Å²) in [6, 6.07) is 10.4. The molecule has 0 fully saturated rings. The quantitative estimate of drug-likeness (QED) is 0.328. The van der Waals surface area contributed by atoms with Gasteiger partial charge in [0.25, 0.3) is 5.91 Å². The number of aromatic hydroxyl groups is 1. The molecule has 2 heterocycles. The van der Waals surface area contributed by atoms with Crippen molar-refractivity contribution < 1.29 is 15.1 Å². The van der Waals surface area contributed by atoms with Crippen LogP contribution in [0.25, 0.3) is 10.9 Å². The van der Waals surface area contributed by atoms with Crippen LogP contribution in [0, 0.1) is 0 Å². The molecule has 8 nitrogen and oxygen atoms in total. The molecule has 0 aliphatic rings. The average Bonchev–Trinajstić information content (AvgIpc) is 2.91. The van der Waals surface area contributed by atoms with Crippen LogP contribution in [0.2, 0.25) is 0 Å². The first-order valence-electron chi connectivity index (χ1n) is 7.55. The molecular weight excluding hydrogens is 322 g/mol. The van der Waals surface area contributed by atoms with E-state index in [2.05, 4.69) is 20.4 Å². The van der Waals surface area contributed by atoms with Gasteiger partial charge in [0.15, 0.2) is 5.69 Å². The van der Waals surface area contributed by atoms with E-state index in [1.807, 2.05) is 31.2 Å². The topological polar surface area (TPSA) is 112 Å². The second kappa shape index (κ2) is 6.91. The third-order valence-corrected chi connectivity index (χ3v) is 3.70. The first kappa shape index (κ1) is 16.3. The summed E-state index contributed by atoms with van der Waals surface area (Å²) < 4.78 is 1.69. The van der Waals surface area contributed by atoms with Crippen LogP contribution in [0.3, 0.4) is 0 Å². The summed E-state index contributed by atoms with van der Waals surface area (Å²) in [6.45, 7) is 2.47. The molecule has 2 aromatic heterocycles. The molecule has 126 valence electrons. The van der Waals surface area contributed by atoms with Crippen molar-refractivity contribution in [1.29, 1.82) is 0 Å². The number of carbonyl (C=O) groups is 1. The van der Waals surface area contributed by atoms with Crippen molar-refractivity contribution in [2.75, 3.05) is 0 Å². The van der Waals surface area contributed by atoms with E-state index in [9.17, 15) is 9.90 Å². The lowest BCUT2D eigenvalue weighted by Gasteiger charge is -2.00. The maximum absolute atomic E-state index is 12.1. The Bertz CT molecular complexity index is 974. The number of oxime groups is 1. The lowest BCUT2D eigenvalue weighted by atomic mass is 10.2. The summed E-state index contributed by atoms with van der Waals surface area (Å²) in [5.41, 5.74) is 1.71. The van der Waals surface area contributed by atoms with Crippen molar-refractivity contribution in [2.24, 2.45) is 15.4 Å². The third kappa shape index (κ3) is 3.09. The molecular formula is C17H15N5O3. The van der Waals surface area contributed by atoms with E-state index in [0.29, 0.717) is 17.6 Å². The van der Waals surface area contributed by atoms with Gasteiger partial charge in [0.05, 0.1) is 23.0 Å². The van der Waals surface area contributed by atoms with Crippen molar-refractivity contribution in [3.05, 3.63) is 53.9 Å². The summed E-state index contributed by atoms with van der Waals surface area (Å²) in [4.78, 5) is 16.1. The summed E-state index contributed by atoms with van der Waals surface area (Å²) >= 11 is 0. The van der Waals surface area contributed by atoms with Crippen molar-refractivity contribution in [2.45, 2.75) is 13.5 Å². The fourth-order valence-corrected chi connectivity index (χ4v) is 2.51. The van der Waals surface area contributed by atoms with Gasteiger partial charge in [0, 0.05) is 18.1 Å². The monoisotopic (exact) mass is 337 g/mol. The number of azo groups is 1. The van der Waals surface area contributed by atoms with Crippen LogP contribution in [0.15, 0.2) is 58.0 Å². The van der Waals surface area contributed by atoms with Crippen LogP contribution in [0.4, 0.5) is 5.69 Å². The van der Waals surface area contributed by atoms with Gasteiger partial charge in [-0.25, -0.2) is 0 Å². The molecule has 0 radical (unpaired) electrons. The number of amides is 1. The lowest BCUT2D eigenvalue weighted by molar-refractivity contribution is 0.0994. The number of nitrogens with zero attached hydrogens (tertiary/aromatic N) is 5. The van der Waals surface area contributed by atoms with Crippen LogP contribution >= 0.6 is 0 Å². The molecule has 0 aliphatic heterocycles. The summed E-state index contributed by atoms with van der Waals surface area (Å²) in [6.07, 6.45) is 2.46. The van der Waals surface area contributed by atoms with E-state index in [4.69, 9.17) is 5.21 Å². The molecule has 2 N–H and O–H groups in total. The van der Waals surface area contributed by atoms with E-state index >= 15 is 0 Å². The Labute approximate surface area is 142 Å². The number of carbonyl (C=O) groups excluding carboxylic acids is 1. The molecule has 0 saturated heterocycles. The van der Waals surface area contributed by atoms with Gasteiger partial charge in [-0.3, -0.25) is 9.78 Å². The van der Waals surface area contributed by atoms with Gasteiger partial charge >= 0.3 is 0 Å². The summed E-state index contributed by atoms with van der Waals surface area (Å²) in [5, 5.41) is 30.0. The number of hydrogen-bond donors (Lipinski definition) is 2. The van der Waals surface area contributed by atoms with Crippen molar-refractivity contribution >= 4 is 28.7 Å². The number of para-hydroxylation sites is 1. The molecule has 0 atom stereocenters. The van der Waals surface area contributed by atoms with Gasteiger partial charge in [-0.2, -0.15) is 0 Å². The second-order valence-electron chi connectivity index (χ2n) is 5.16. The zero-order valence-corrected chi connectivity index (χ0v) is 13.4. The molecule has 1 amide bonds. The highest BCUT2D eigenvalue weighted by atomic mass is 16.4. The number of aryl methyl sites for hydroxylation is 1. The van der Waals surface area contributed by atoms with Crippen LogP contribution in [-0.4, -0.2) is 32.0 Å². The largest absolute Gasteiger partial charge is 0.493 e. The highest BCUT2D eigenvalue weighted by Gasteiger charge is 2.15. The normalized spacial score (nSPS) is 11.7. The smallest absolute Gasteiger partial charge is 0.296 e. The predicted molar refractivity (Wildman–Crippen MR) is 91.7 cm³/mol. The van der Waals surface area contributed by atoms with Gasteiger partial charge in [-0.05, 0) is 25.1 Å². The molecule has 3 rings (SSSR count). The van der Waals surface area contributed by atoms with Gasteiger partial charge in [-0.15, -0.1) is 10.2 Å². The molecule has 0 bridgehead atoms. The average molecular weight is 337 g/mol. The van der Waals surface area contributed by atoms with E-state index in [1.165, 1.54) is 18.3 Å². The van der Waals surface area contributed by atoms with Gasteiger partial charge in [-0.1, -0.05) is 23.4 Å². The van der Waals surface area contributed by atoms with Crippen LogP contribution in [-0.2, 0) is 6.54 Å². The van der Waals surface area contributed by atoms with E-state index < -0.39 is 5.91 Å². The van der Waals surface area contributed by atoms with E-state index in [-0.39, 0.29) is 17.1 Å². The number of hydrogen-bond acceptors (Lipinski definition) is 6. The van der Waals surface area contributed by atoms with Crippen LogP contribution in [0.1, 0.15) is 23.0 Å². The van der Waals surface area contributed by atoms with Gasteiger partial charge in [0.2, 0.25) is 5.88 Å². The minimum Gasteiger partial charge on any atom is -0.493 e. The number of fused-ring (bicyclic) bond motifs is 1. The summed E-state index contributed by atoms with van der Waals surface area (Å²) in [5.74, 6) is -0.624. The SMILES string of the molecule is CCn1c(O)c(N=NC(=O)c2ccc(C=NO)nc2)c2ccccc21. The van der Waals surface area contributed by atoms with E-state index in [1.54, 1.807) is 4.57 Å². The highest BCUT2D eigenvalue weighted by Crippen LogP contribution is 2.38. The van der Waals surface area contributed by atoms with Crippen molar-refractivity contribution in [1.82, 2.24) is 9.55 Å². The number of rotatable bonds is 4. The maximum atomic E-state index is 12.1. The minimum atomic E-state index is -0.590. The molecule has 3 aromatic rings. The zero-order chi connectivity index (χ0) is 17.8. The first-order chi connectivity index (χ1) is 12.2. The van der Waals surface area contributed by atoms with Gasteiger partial charge in [0.1, 0.15) is 0 Å². The molecule has 1 aromatic carbocycles. The van der Waals surface area contributed by atoms with Crippen molar-refractivity contribution in [3.8, 4) is 5.88 Å². The van der Waals surface area contributed by atoms with E-state index in [0.717, 1.165) is 11.7 Å². The zero-order valence-electron chi connectivity index (χ0n) is 13.4. The number of pyridine rings is 1. The molecule has 0 unspecified atom stereocenters. The Morgan fingerprint density at radius 2 is 2.08 bits per heavy atom. The standard InChI is InChI=1S/C17H15N5O3/c1-2-22-14-6-4-3-5-13(14)15(17(22)24)20-21-16(23)11-7-8-12(10-19-25)18-9-11/h3-10,24-25H,2H2,1H3. The van der Waals surface area contributed by atoms with Crippen LogP contribution < -0.4 is 0 Å². The van der Waals surface area contributed by atoms with Crippen LogP contribution in [0.5, 0.6) is 5.88 Å². The maximum Gasteiger partial charge on any atom is 0.296 e. The predicted octanol–water partition coefficient (Wildman–Crippen LogP) is 3.49. The van der Waals surface area contributed by atoms with Crippen molar-refractivity contribution in [3.63, 3.8) is 0 Å². The molecule has 0 saturated carbocycles. The highest BCUT2D eigenvalue weighted by molar-refractivity contribution is 5.97. The first-order valence-corrected chi connectivity index (χ1v) is 7.55. The molecule has 25 heavy (non-hydrogen) atoms. The van der Waals surface area contributed by atoms with Gasteiger partial charge < -0.3 is 14.9 Å². The number of aromatic nitrogens is 2. The Morgan fingerprint density at radius 1 is 1.28 bits per heavy atom. The Hall–Kier alpha value is -3.55. The molecule has 0 spiro atoms. The molecule has 8 heteroatoms. The molecule has 0 aliphatic carbocycles. The fourth-order valence-electron chi connectivity index (χ4n) is 2.51. The minimum absolute atomic E-state index is 0.0344. The third-order valence-electron chi connectivity index (χ3n) is 3.70. The second-order valence-corrected chi connectivity index (χ2v) is 5.16. The number of benzene rings is 1.